The third kappa shape index (κ3) is 7.32. The summed E-state index contributed by atoms with van der Waals surface area (Å²) in [6.07, 6.45) is 23.0. The van der Waals surface area contributed by atoms with E-state index in [1.54, 1.807) is 0 Å². The van der Waals surface area contributed by atoms with Crippen molar-refractivity contribution in [2.75, 3.05) is 6.61 Å². The van der Waals surface area contributed by atoms with E-state index >= 15 is 0 Å². The number of carbonyl (C=O) groups is 1. The number of hydrogen-bond donors (Lipinski definition) is 0. The fraction of sp³-hybridized carbons (Fsp3) is 0.550. The maximum Gasteiger partial charge on any atom is 0.222 e. The third-order valence-electron chi connectivity index (χ3n) is 4.54. The lowest BCUT2D eigenvalue weighted by molar-refractivity contribution is -0.114. The Morgan fingerprint density at radius 1 is 1.00 bits per heavy atom. The van der Waals surface area contributed by atoms with Gasteiger partial charge in [-0.2, -0.15) is 0 Å². The van der Waals surface area contributed by atoms with Crippen molar-refractivity contribution in [1.82, 2.24) is 0 Å². The summed E-state index contributed by atoms with van der Waals surface area (Å²) < 4.78 is 6.24. The molecule has 0 N–H and O–H groups in total. The standard InChI is InChI=1S/C20H27ClO2/c21-20(22)15-18-13-9-5-2-6-10-14-19(18)23-16-17-11-7-3-1-4-8-12-17/h1,3-4,7-8,11-12,18-19H,2,5-6,9-10,13-16H2/b3-1-,4-1?,7-3?,8-4-,11-7?,12-8?,17-11?,17-12?. The van der Waals surface area contributed by atoms with Gasteiger partial charge in [0.1, 0.15) is 0 Å². The van der Waals surface area contributed by atoms with E-state index in [0.29, 0.717) is 13.0 Å². The van der Waals surface area contributed by atoms with E-state index < -0.39 is 0 Å². The number of allylic oxidation sites excluding steroid dienone is 6. The second-order valence-electron chi connectivity index (χ2n) is 6.38. The molecule has 2 nitrogen and oxygen atoms in total. The van der Waals surface area contributed by atoms with Crippen LogP contribution in [0.15, 0.2) is 48.1 Å². The van der Waals surface area contributed by atoms with Gasteiger partial charge in [-0.15, -0.1) is 0 Å². The summed E-state index contributed by atoms with van der Waals surface area (Å²) in [6, 6.07) is 0. The molecule has 0 aromatic rings. The zero-order chi connectivity index (χ0) is 16.3. The predicted molar refractivity (Wildman–Crippen MR) is 96.5 cm³/mol. The van der Waals surface area contributed by atoms with E-state index in [0.717, 1.165) is 18.4 Å². The summed E-state index contributed by atoms with van der Waals surface area (Å²) in [5.41, 5.74) is 1.15. The van der Waals surface area contributed by atoms with Gasteiger partial charge in [0.05, 0.1) is 12.7 Å². The Labute approximate surface area is 144 Å². The van der Waals surface area contributed by atoms with Gasteiger partial charge in [0, 0.05) is 6.42 Å². The van der Waals surface area contributed by atoms with Gasteiger partial charge < -0.3 is 4.74 Å². The van der Waals surface area contributed by atoms with Gasteiger partial charge in [-0.05, 0) is 35.9 Å². The van der Waals surface area contributed by atoms with E-state index in [1.165, 1.54) is 32.1 Å². The van der Waals surface area contributed by atoms with Crippen molar-refractivity contribution in [3.8, 4) is 0 Å². The van der Waals surface area contributed by atoms with E-state index in [9.17, 15) is 4.79 Å². The van der Waals surface area contributed by atoms with Gasteiger partial charge in [-0.3, -0.25) is 4.79 Å². The topological polar surface area (TPSA) is 26.3 Å². The van der Waals surface area contributed by atoms with Crippen LogP contribution in [-0.4, -0.2) is 18.0 Å². The Kier molecular flexibility index (Phi) is 8.41. The zero-order valence-electron chi connectivity index (χ0n) is 13.8. The average Bonchev–Trinajstić information content (AvgIpc) is 2.58. The maximum absolute atomic E-state index is 11.4. The van der Waals surface area contributed by atoms with Crippen molar-refractivity contribution in [3.63, 3.8) is 0 Å². The molecule has 0 aliphatic heterocycles. The fourth-order valence-corrected chi connectivity index (χ4v) is 3.47. The highest BCUT2D eigenvalue weighted by molar-refractivity contribution is 6.63. The lowest BCUT2D eigenvalue weighted by Gasteiger charge is -2.26. The van der Waals surface area contributed by atoms with Crippen molar-refractivity contribution in [2.24, 2.45) is 5.92 Å². The molecule has 0 amide bonds. The smallest absolute Gasteiger partial charge is 0.222 e. The number of carbonyl (C=O) groups excluding carboxylic acids is 1. The summed E-state index contributed by atoms with van der Waals surface area (Å²) in [5, 5.41) is -0.235. The second kappa shape index (κ2) is 10.6. The Morgan fingerprint density at radius 2 is 1.70 bits per heavy atom. The zero-order valence-corrected chi connectivity index (χ0v) is 14.5. The normalized spacial score (nSPS) is 28.5. The number of halogens is 1. The molecule has 2 rings (SSSR count). The number of rotatable bonds is 5. The minimum absolute atomic E-state index is 0.134. The molecule has 0 saturated heterocycles. The van der Waals surface area contributed by atoms with Crippen LogP contribution in [0, 0.1) is 5.92 Å². The average molecular weight is 335 g/mol. The van der Waals surface area contributed by atoms with Crippen LogP contribution in [0.25, 0.3) is 0 Å². The first-order valence-electron chi connectivity index (χ1n) is 8.76. The quantitative estimate of drug-likeness (QED) is 0.621. The summed E-state index contributed by atoms with van der Waals surface area (Å²) >= 11 is 5.67. The minimum Gasteiger partial charge on any atom is -0.373 e. The molecule has 2 aliphatic rings. The molecule has 0 spiro atoms. The molecule has 1 fully saturated rings. The Morgan fingerprint density at radius 3 is 2.52 bits per heavy atom. The van der Waals surface area contributed by atoms with Crippen molar-refractivity contribution in [2.45, 2.75) is 57.5 Å². The first kappa shape index (κ1) is 18.2. The van der Waals surface area contributed by atoms with Gasteiger partial charge in [-0.25, -0.2) is 0 Å². The highest BCUT2D eigenvalue weighted by Crippen LogP contribution is 2.28. The van der Waals surface area contributed by atoms with Gasteiger partial charge >= 0.3 is 0 Å². The van der Waals surface area contributed by atoms with Gasteiger partial charge in [0.2, 0.25) is 5.24 Å². The summed E-state index contributed by atoms with van der Waals surface area (Å²) in [4.78, 5) is 11.4. The summed E-state index contributed by atoms with van der Waals surface area (Å²) in [6.45, 7) is 0.590. The first-order chi connectivity index (χ1) is 11.3. The Bertz CT molecular complexity index is 488. The monoisotopic (exact) mass is 334 g/mol. The van der Waals surface area contributed by atoms with Crippen LogP contribution in [0.5, 0.6) is 0 Å². The molecule has 3 heteroatoms. The van der Waals surface area contributed by atoms with Gasteiger partial charge in [0.15, 0.2) is 0 Å². The van der Waals surface area contributed by atoms with Crippen molar-refractivity contribution in [3.05, 3.63) is 48.1 Å². The van der Waals surface area contributed by atoms with E-state index in [-0.39, 0.29) is 17.3 Å². The largest absolute Gasteiger partial charge is 0.373 e. The molecule has 0 radical (unpaired) electrons. The number of ether oxygens (including phenoxy) is 1. The fourth-order valence-electron chi connectivity index (χ4n) is 3.27. The predicted octanol–water partition coefficient (Wildman–Crippen LogP) is 5.50. The van der Waals surface area contributed by atoms with Crippen LogP contribution in [-0.2, 0) is 9.53 Å². The SMILES string of the molecule is O=C(Cl)CC1CCCCCCCC1OCC1=C/C=C\C=C/C=C1. The third-order valence-corrected chi connectivity index (χ3v) is 4.70. The van der Waals surface area contributed by atoms with Gasteiger partial charge in [0.25, 0.3) is 0 Å². The Hall–Kier alpha value is -1.12. The van der Waals surface area contributed by atoms with Crippen LogP contribution < -0.4 is 0 Å². The molecule has 1 saturated carbocycles. The van der Waals surface area contributed by atoms with Crippen molar-refractivity contribution < 1.29 is 9.53 Å². The molecule has 23 heavy (non-hydrogen) atoms. The molecular formula is C20H27ClO2. The first-order valence-corrected chi connectivity index (χ1v) is 9.14. The molecular weight excluding hydrogens is 308 g/mol. The van der Waals surface area contributed by atoms with Crippen molar-refractivity contribution in [1.29, 1.82) is 0 Å². The molecule has 2 unspecified atom stereocenters. The summed E-state index contributed by atoms with van der Waals surface area (Å²) in [5.74, 6) is 0.256. The molecule has 0 aromatic carbocycles. The highest BCUT2D eigenvalue weighted by atomic mass is 35.5. The van der Waals surface area contributed by atoms with Crippen molar-refractivity contribution >= 4 is 16.8 Å². The second-order valence-corrected chi connectivity index (χ2v) is 6.81. The minimum atomic E-state index is -0.235. The summed E-state index contributed by atoms with van der Waals surface area (Å²) in [7, 11) is 0. The van der Waals surface area contributed by atoms with E-state index in [1.807, 2.05) is 30.4 Å². The molecule has 126 valence electrons. The molecule has 0 bridgehead atoms. The van der Waals surface area contributed by atoms with Crippen LogP contribution in [0.2, 0.25) is 0 Å². The van der Waals surface area contributed by atoms with Crippen LogP contribution in [0.3, 0.4) is 0 Å². The maximum atomic E-state index is 11.4. The van der Waals surface area contributed by atoms with E-state index in [4.69, 9.17) is 16.3 Å². The molecule has 0 heterocycles. The Balaban J connectivity index is 1.97. The van der Waals surface area contributed by atoms with Crippen LogP contribution >= 0.6 is 11.6 Å². The molecule has 2 atom stereocenters. The molecule has 0 aromatic heterocycles. The lowest BCUT2D eigenvalue weighted by Crippen LogP contribution is -2.26. The highest BCUT2D eigenvalue weighted by Gasteiger charge is 2.24. The number of hydrogen-bond acceptors (Lipinski definition) is 2. The van der Waals surface area contributed by atoms with Gasteiger partial charge in [-0.1, -0.05) is 74.6 Å². The van der Waals surface area contributed by atoms with Crippen LogP contribution in [0.4, 0.5) is 0 Å². The lowest BCUT2D eigenvalue weighted by atomic mass is 9.91. The van der Waals surface area contributed by atoms with E-state index in [2.05, 4.69) is 12.2 Å². The molecule has 2 aliphatic carbocycles. The van der Waals surface area contributed by atoms with Crippen LogP contribution in [0.1, 0.15) is 51.4 Å².